The second-order valence-electron chi connectivity index (χ2n) is 2.14. The standard InChI is InChI=1S/C6H5N3O2S/c1-11-6(10)3-2-7-5-4(3)12-9-8-5/h2,7H,1H3. The first-order valence-electron chi connectivity index (χ1n) is 3.20. The number of nitrogens with one attached hydrogen (secondary N) is 1. The van der Waals surface area contributed by atoms with E-state index in [1.54, 1.807) is 6.20 Å². The van der Waals surface area contributed by atoms with E-state index in [9.17, 15) is 4.79 Å². The van der Waals surface area contributed by atoms with Crippen LogP contribution in [-0.4, -0.2) is 27.7 Å². The molecule has 0 spiro atoms. The average molecular weight is 183 g/mol. The van der Waals surface area contributed by atoms with Gasteiger partial charge in [-0.05, 0) is 11.5 Å². The van der Waals surface area contributed by atoms with Gasteiger partial charge in [0.25, 0.3) is 0 Å². The second-order valence-corrected chi connectivity index (χ2v) is 2.90. The molecule has 12 heavy (non-hydrogen) atoms. The molecule has 62 valence electrons. The molecule has 0 amide bonds. The summed E-state index contributed by atoms with van der Waals surface area (Å²) in [6.45, 7) is 0. The SMILES string of the molecule is COC(=O)c1c[nH]c2nnsc12. The van der Waals surface area contributed by atoms with Gasteiger partial charge in [0.1, 0.15) is 4.70 Å². The van der Waals surface area contributed by atoms with Crippen LogP contribution in [0.2, 0.25) is 0 Å². The van der Waals surface area contributed by atoms with Crippen molar-refractivity contribution in [2.45, 2.75) is 0 Å². The number of carbonyl (C=O) groups excluding carboxylic acids is 1. The van der Waals surface area contributed by atoms with Crippen LogP contribution in [0, 0.1) is 0 Å². The monoisotopic (exact) mass is 183 g/mol. The van der Waals surface area contributed by atoms with Crippen LogP contribution in [0.5, 0.6) is 0 Å². The number of fused-ring (bicyclic) bond motifs is 1. The van der Waals surface area contributed by atoms with Gasteiger partial charge in [-0.3, -0.25) is 0 Å². The van der Waals surface area contributed by atoms with E-state index in [1.807, 2.05) is 0 Å². The van der Waals surface area contributed by atoms with Crippen LogP contribution in [0.25, 0.3) is 10.3 Å². The summed E-state index contributed by atoms with van der Waals surface area (Å²) in [5.41, 5.74) is 1.11. The largest absolute Gasteiger partial charge is 0.465 e. The Balaban J connectivity index is 2.61. The Morgan fingerprint density at radius 3 is 3.33 bits per heavy atom. The van der Waals surface area contributed by atoms with Crippen molar-refractivity contribution in [2.75, 3.05) is 7.11 Å². The van der Waals surface area contributed by atoms with E-state index in [1.165, 1.54) is 18.6 Å². The van der Waals surface area contributed by atoms with E-state index in [-0.39, 0.29) is 5.97 Å². The lowest BCUT2D eigenvalue weighted by Crippen LogP contribution is -1.98. The van der Waals surface area contributed by atoms with E-state index >= 15 is 0 Å². The average Bonchev–Trinajstić information content (AvgIpc) is 2.62. The lowest BCUT2D eigenvalue weighted by atomic mass is 10.3. The minimum Gasteiger partial charge on any atom is -0.465 e. The predicted octanol–water partition coefficient (Wildman–Crippen LogP) is 0.806. The Bertz CT molecular complexity index is 419. The molecule has 2 aromatic rings. The van der Waals surface area contributed by atoms with E-state index in [0.717, 1.165) is 4.70 Å². The van der Waals surface area contributed by atoms with E-state index in [0.29, 0.717) is 11.2 Å². The van der Waals surface area contributed by atoms with Crippen LogP contribution in [0.4, 0.5) is 0 Å². The molecule has 0 aromatic carbocycles. The van der Waals surface area contributed by atoms with Crippen molar-refractivity contribution in [1.82, 2.24) is 14.6 Å². The van der Waals surface area contributed by atoms with E-state index < -0.39 is 0 Å². The number of ether oxygens (including phenoxy) is 1. The molecular weight excluding hydrogens is 178 g/mol. The number of aromatic amines is 1. The predicted molar refractivity (Wildman–Crippen MR) is 43.1 cm³/mol. The number of rotatable bonds is 1. The molecule has 2 rings (SSSR count). The molecule has 0 aliphatic heterocycles. The van der Waals surface area contributed by atoms with Gasteiger partial charge in [0.2, 0.25) is 0 Å². The summed E-state index contributed by atoms with van der Waals surface area (Å²) in [5, 5.41) is 3.76. The highest BCUT2D eigenvalue weighted by molar-refractivity contribution is 7.13. The molecule has 2 aromatic heterocycles. The summed E-state index contributed by atoms with van der Waals surface area (Å²) in [7, 11) is 1.34. The summed E-state index contributed by atoms with van der Waals surface area (Å²) >= 11 is 1.17. The second kappa shape index (κ2) is 2.56. The highest BCUT2D eigenvalue weighted by Crippen LogP contribution is 2.19. The van der Waals surface area contributed by atoms with Crippen molar-refractivity contribution >= 4 is 27.8 Å². The van der Waals surface area contributed by atoms with Gasteiger partial charge in [-0.15, -0.1) is 5.10 Å². The molecule has 0 saturated carbocycles. The van der Waals surface area contributed by atoms with Crippen LogP contribution in [-0.2, 0) is 4.74 Å². The summed E-state index contributed by atoms with van der Waals surface area (Å²) in [5.74, 6) is -0.368. The maximum atomic E-state index is 11.1. The fourth-order valence-corrected chi connectivity index (χ4v) is 1.56. The van der Waals surface area contributed by atoms with Crippen molar-refractivity contribution in [3.63, 3.8) is 0 Å². The minimum atomic E-state index is -0.368. The smallest absolute Gasteiger partial charge is 0.340 e. The Kier molecular flexibility index (Phi) is 1.54. The molecule has 0 saturated heterocycles. The first-order chi connectivity index (χ1) is 5.83. The number of aromatic nitrogens is 3. The Hall–Kier alpha value is -1.43. The van der Waals surface area contributed by atoms with Gasteiger partial charge in [-0.2, -0.15) is 0 Å². The zero-order valence-electron chi connectivity index (χ0n) is 6.20. The quantitative estimate of drug-likeness (QED) is 0.664. The summed E-state index contributed by atoms with van der Waals surface area (Å²) in [6.07, 6.45) is 1.57. The fraction of sp³-hybridized carbons (Fsp3) is 0.167. The molecule has 0 bridgehead atoms. The topological polar surface area (TPSA) is 67.9 Å². The number of nitrogens with zero attached hydrogens (tertiary/aromatic N) is 2. The Labute approximate surface area is 71.5 Å². The van der Waals surface area contributed by atoms with Gasteiger partial charge in [-0.1, -0.05) is 4.49 Å². The Morgan fingerprint density at radius 1 is 1.75 bits per heavy atom. The van der Waals surface area contributed by atoms with Gasteiger partial charge < -0.3 is 9.72 Å². The zero-order chi connectivity index (χ0) is 8.55. The van der Waals surface area contributed by atoms with Gasteiger partial charge in [-0.25, -0.2) is 4.79 Å². The molecule has 0 aliphatic carbocycles. The first kappa shape index (κ1) is 7.23. The normalized spacial score (nSPS) is 10.4. The zero-order valence-corrected chi connectivity index (χ0v) is 7.01. The highest BCUT2D eigenvalue weighted by atomic mass is 32.1. The molecule has 0 radical (unpaired) electrons. The number of hydrogen-bond acceptors (Lipinski definition) is 5. The van der Waals surface area contributed by atoms with Crippen LogP contribution in [0.1, 0.15) is 10.4 Å². The van der Waals surface area contributed by atoms with Crippen LogP contribution >= 0.6 is 11.5 Å². The lowest BCUT2D eigenvalue weighted by molar-refractivity contribution is 0.0603. The van der Waals surface area contributed by atoms with Crippen molar-refractivity contribution < 1.29 is 9.53 Å². The summed E-state index contributed by atoms with van der Waals surface area (Å²) < 4.78 is 8.99. The number of H-pyrrole nitrogens is 1. The van der Waals surface area contributed by atoms with Crippen LogP contribution in [0.15, 0.2) is 6.20 Å². The minimum absolute atomic E-state index is 0.368. The third kappa shape index (κ3) is 0.884. The molecule has 5 nitrogen and oxygen atoms in total. The number of hydrogen-bond donors (Lipinski definition) is 1. The number of methoxy groups -OCH3 is 1. The molecule has 0 fully saturated rings. The highest BCUT2D eigenvalue weighted by Gasteiger charge is 2.14. The van der Waals surface area contributed by atoms with Crippen molar-refractivity contribution in [3.05, 3.63) is 11.8 Å². The molecule has 1 N–H and O–H groups in total. The van der Waals surface area contributed by atoms with Gasteiger partial charge in [0.15, 0.2) is 5.65 Å². The van der Waals surface area contributed by atoms with Crippen LogP contribution < -0.4 is 0 Å². The first-order valence-corrected chi connectivity index (χ1v) is 3.98. The maximum Gasteiger partial charge on any atom is 0.340 e. The van der Waals surface area contributed by atoms with Crippen molar-refractivity contribution in [3.8, 4) is 0 Å². The van der Waals surface area contributed by atoms with Gasteiger partial charge >= 0.3 is 5.97 Å². The third-order valence-corrected chi connectivity index (χ3v) is 2.25. The molecule has 6 heteroatoms. The van der Waals surface area contributed by atoms with Gasteiger partial charge in [0, 0.05) is 6.20 Å². The summed E-state index contributed by atoms with van der Waals surface area (Å²) in [6, 6.07) is 0. The van der Waals surface area contributed by atoms with E-state index in [2.05, 4.69) is 19.3 Å². The number of carbonyl (C=O) groups is 1. The van der Waals surface area contributed by atoms with E-state index in [4.69, 9.17) is 0 Å². The molecule has 2 heterocycles. The number of esters is 1. The molecule has 0 unspecified atom stereocenters. The molecule has 0 aliphatic rings. The summed E-state index contributed by atoms with van der Waals surface area (Å²) in [4.78, 5) is 13.9. The van der Waals surface area contributed by atoms with Crippen molar-refractivity contribution in [2.24, 2.45) is 0 Å². The maximum absolute atomic E-state index is 11.1. The van der Waals surface area contributed by atoms with Crippen LogP contribution in [0.3, 0.4) is 0 Å². The molecular formula is C6H5N3O2S. The fourth-order valence-electron chi connectivity index (χ4n) is 0.930. The molecule has 0 atom stereocenters. The Morgan fingerprint density at radius 2 is 2.58 bits per heavy atom. The third-order valence-electron chi connectivity index (χ3n) is 1.49. The van der Waals surface area contributed by atoms with Gasteiger partial charge in [0.05, 0.1) is 12.7 Å². The lowest BCUT2D eigenvalue weighted by Gasteiger charge is -1.91. The van der Waals surface area contributed by atoms with Crippen molar-refractivity contribution in [1.29, 1.82) is 0 Å².